The van der Waals surface area contributed by atoms with Crippen molar-refractivity contribution in [1.29, 1.82) is 0 Å². The molecule has 2 aromatic rings. The lowest BCUT2D eigenvalue weighted by atomic mass is 9.94. The maximum atomic E-state index is 12.5. The Morgan fingerprint density at radius 2 is 2.00 bits per heavy atom. The molecule has 1 N–H and O–H groups in total. The average molecular weight is 344 g/mol. The number of nitrogens with zero attached hydrogens (tertiary/aromatic N) is 3. The molecule has 0 saturated heterocycles. The fourth-order valence-corrected chi connectivity index (χ4v) is 2.97. The highest BCUT2D eigenvalue weighted by Crippen LogP contribution is 2.39. The molecule has 0 radical (unpaired) electrons. The number of nitrogens with one attached hydrogen (secondary N) is 1. The molecule has 1 aromatic carbocycles. The van der Waals surface area contributed by atoms with Crippen molar-refractivity contribution in [2.75, 3.05) is 26.6 Å². The van der Waals surface area contributed by atoms with Gasteiger partial charge in [-0.25, -0.2) is 9.48 Å². The molecule has 25 heavy (non-hydrogen) atoms. The molecule has 0 amide bonds. The predicted octanol–water partition coefficient (Wildman–Crippen LogP) is 2.15. The number of hydrogen-bond acceptors (Lipinski definition) is 7. The Kier molecular flexibility index (Phi) is 4.60. The molecule has 0 aliphatic carbocycles. The lowest BCUT2D eigenvalue weighted by Crippen LogP contribution is -2.30. The Balaban J connectivity index is 2.20. The number of carbonyl (C=O) groups excluding carboxylic acids is 1. The average Bonchev–Trinajstić information content (AvgIpc) is 3.13. The van der Waals surface area contributed by atoms with Gasteiger partial charge in [-0.3, -0.25) is 0 Å². The summed E-state index contributed by atoms with van der Waals surface area (Å²) in [6, 6.07) is 5.03. The molecule has 0 unspecified atom stereocenters. The molecule has 0 fully saturated rings. The van der Waals surface area contributed by atoms with Gasteiger partial charge in [-0.15, -0.1) is 0 Å². The first-order valence-electron chi connectivity index (χ1n) is 7.84. The second-order valence-electron chi connectivity index (χ2n) is 5.41. The molecule has 1 atom stereocenters. The smallest absolute Gasteiger partial charge is 0.338 e. The second-order valence-corrected chi connectivity index (χ2v) is 5.41. The minimum Gasteiger partial charge on any atom is -0.493 e. The Bertz CT molecular complexity index is 828. The number of anilines is 1. The summed E-state index contributed by atoms with van der Waals surface area (Å²) in [5.74, 6) is 1.34. The molecule has 0 bridgehead atoms. The molecule has 1 aromatic heterocycles. The van der Waals surface area contributed by atoms with E-state index < -0.39 is 12.0 Å². The van der Waals surface area contributed by atoms with Crippen LogP contribution in [0.3, 0.4) is 0 Å². The van der Waals surface area contributed by atoms with Gasteiger partial charge in [0.05, 0.1) is 26.9 Å². The number of rotatable bonds is 5. The van der Waals surface area contributed by atoms with E-state index in [1.54, 1.807) is 25.0 Å². The molecule has 8 nitrogen and oxygen atoms in total. The highest BCUT2D eigenvalue weighted by molar-refractivity contribution is 5.92. The molecular formula is C17H20N4O4. The Hall–Kier alpha value is -3.03. The van der Waals surface area contributed by atoms with Crippen LogP contribution in [0.2, 0.25) is 0 Å². The van der Waals surface area contributed by atoms with E-state index in [0.717, 1.165) is 11.3 Å². The van der Waals surface area contributed by atoms with Crippen LogP contribution >= 0.6 is 0 Å². The van der Waals surface area contributed by atoms with Gasteiger partial charge >= 0.3 is 5.97 Å². The first-order valence-corrected chi connectivity index (χ1v) is 7.84. The zero-order chi connectivity index (χ0) is 18.0. The largest absolute Gasteiger partial charge is 0.493 e. The lowest BCUT2D eigenvalue weighted by molar-refractivity contribution is -0.136. The van der Waals surface area contributed by atoms with Crippen LogP contribution in [0.25, 0.3) is 0 Å². The number of aromatic nitrogens is 3. The first-order chi connectivity index (χ1) is 12.1. The van der Waals surface area contributed by atoms with Gasteiger partial charge in [0, 0.05) is 5.70 Å². The summed E-state index contributed by atoms with van der Waals surface area (Å²) in [5, 5.41) is 7.43. The Morgan fingerprint density at radius 3 is 2.64 bits per heavy atom. The molecule has 8 heteroatoms. The van der Waals surface area contributed by atoms with Crippen LogP contribution in [0.4, 0.5) is 5.95 Å². The Labute approximate surface area is 145 Å². The van der Waals surface area contributed by atoms with E-state index in [1.165, 1.54) is 13.4 Å². The van der Waals surface area contributed by atoms with E-state index in [9.17, 15) is 4.79 Å². The third kappa shape index (κ3) is 2.79. The lowest BCUT2D eigenvalue weighted by Gasteiger charge is -2.29. The monoisotopic (exact) mass is 344 g/mol. The Morgan fingerprint density at radius 1 is 1.24 bits per heavy atom. The van der Waals surface area contributed by atoms with E-state index >= 15 is 0 Å². The molecule has 3 rings (SSSR count). The fourth-order valence-electron chi connectivity index (χ4n) is 2.97. The molecule has 132 valence electrons. The number of esters is 1. The number of benzene rings is 1. The number of fused-ring (bicyclic) bond motifs is 1. The standard InChI is InChI=1S/C17H20N4O4/c1-5-11-14(16(22)25-4)15(21-17(20-11)18-9-19-21)10-6-7-12(23-2)13(8-10)24-3/h6-9,15H,5H2,1-4H3,(H,18,19,20)/t15-/m0/s1. The zero-order valence-electron chi connectivity index (χ0n) is 14.6. The molecular weight excluding hydrogens is 324 g/mol. The van der Waals surface area contributed by atoms with E-state index in [0.29, 0.717) is 29.4 Å². The van der Waals surface area contributed by atoms with Crippen LogP contribution < -0.4 is 14.8 Å². The fraction of sp³-hybridized carbons (Fsp3) is 0.353. The molecule has 0 saturated carbocycles. The summed E-state index contributed by atoms with van der Waals surface area (Å²) in [6.45, 7) is 1.96. The van der Waals surface area contributed by atoms with Gasteiger partial charge < -0.3 is 19.5 Å². The third-order valence-corrected chi connectivity index (χ3v) is 4.16. The van der Waals surface area contributed by atoms with Crippen molar-refractivity contribution in [2.45, 2.75) is 19.4 Å². The van der Waals surface area contributed by atoms with Crippen LogP contribution in [-0.2, 0) is 9.53 Å². The van der Waals surface area contributed by atoms with Gasteiger partial charge in [0.25, 0.3) is 0 Å². The quantitative estimate of drug-likeness (QED) is 0.832. The predicted molar refractivity (Wildman–Crippen MR) is 90.7 cm³/mol. The minimum absolute atomic E-state index is 0.412. The molecule has 0 spiro atoms. The number of allylic oxidation sites excluding steroid dienone is 1. The number of hydrogen-bond donors (Lipinski definition) is 1. The SMILES string of the molecule is CCC1=C(C(=O)OC)[C@H](c2ccc(OC)c(OC)c2)n2ncnc2N1. The van der Waals surface area contributed by atoms with Crippen LogP contribution in [0.5, 0.6) is 11.5 Å². The van der Waals surface area contributed by atoms with E-state index in [-0.39, 0.29) is 0 Å². The van der Waals surface area contributed by atoms with Crippen LogP contribution in [-0.4, -0.2) is 42.1 Å². The normalized spacial score (nSPS) is 16.1. The number of carbonyl (C=O) groups is 1. The summed E-state index contributed by atoms with van der Waals surface area (Å²) >= 11 is 0. The molecule has 2 heterocycles. The van der Waals surface area contributed by atoms with Crippen LogP contribution in [0.1, 0.15) is 24.9 Å². The summed E-state index contributed by atoms with van der Waals surface area (Å²) in [4.78, 5) is 16.7. The van der Waals surface area contributed by atoms with Gasteiger partial charge in [0.2, 0.25) is 5.95 Å². The molecule has 1 aliphatic heterocycles. The van der Waals surface area contributed by atoms with E-state index in [2.05, 4.69) is 15.4 Å². The second kappa shape index (κ2) is 6.84. The van der Waals surface area contributed by atoms with E-state index in [1.807, 2.05) is 19.1 Å². The number of ether oxygens (including phenoxy) is 3. The molecule has 1 aliphatic rings. The van der Waals surface area contributed by atoms with Gasteiger partial charge in [-0.05, 0) is 24.1 Å². The van der Waals surface area contributed by atoms with Crippen molar-refractivity contribution in [3.8, 4) is 11.5 Å². The summed E-state index contributed by atoms with van der Waals surface area (Å²) in [5.41, 5.74) is 2.07. The highest BCUT2D eigenvalue weighted by Gasteiger charge is 2.35. The maximum absolute atomic E-state index is 12.5. The first kappa shape index (κ1) is 16.8. The van der Waals surface area contributed by atoms with Crippen molar-refractivity contribution >= 4 is 11.9 Å². The number of methoxy groups -OCH3 is 3. The van der Waals surface area contributed by atoms with Gasteiger partial charge in [-0.2, -0.15) is 10.1 Å². The topological polar surface area (TPSA) is 87.5 Å². The van der Waals surface area contributed by atoms with Gasteiger partial charge in [0.15, 0.2) is 11.5 Å². The van der Waals surface area contributed by atoms with Crippen molar-refractivity contribution < 1.29 is 19.0 Å². The van der Waals surface area contributed by atoms with Gasteiger partial charge in [0.1, 0.15) is 12.4 Å². The zero-order valence-corrected chi connectivity index (χ0v) is 14.6. The summed E-state index contributed by atoms with van der Waals surface area (Å²) < 4.78 is 17.4. The van der Waals surface area contributed by atoms with Crippen molar-refractivity contribution in [3.05, 3.63) is 41.4 Å². The van der Waals surface area contributed by atoms with Gasteiger partial charge in [-0.1, -0.05) is 13.0 Å². The van der Waals surface area contributed by atoms with Crippen molar-refractivity contribution in [1.82, 2.24) is 14.8 Å². The summed E-state index contributed by atoms with van der Waals surface area (Å²) in [7, 11) is 4.51. The van der Waals surface area contributed by atoms with Crippen LogP contribution in [0, 0.1) is 0 Å². The highest BCUT2D eigenvalue weighted by atomic mass is 16.5. The van der Waals surface area contributed by atoms with Crippen molar-refractivity contribution in [3.63, 3.8) is 0 Å². The minimum atomic E-state index is -0.471. The maximum Gasteiger partial charge on any atom is 0.338 e. The van der Waals surface area contributed by atoms with Crippen molar-refractivity contribution in [2.24, 2.45) is 0 Å². The van der Waals surface area contributed by atoms with Crippen LogP contribution in [0.15, 0.2) is 35.8 Å². The third-order valence-electron chi connectivity index (χ3n) is 4.16. The van der Waals surface area contributed by atoms with E-state index in [4.69, 9.17) is 14.2 Å². The summed E-state index contributed by atoms with van der Waals surface area (Å²) in [6.07, 6.45) is 2.07.